The van der Waals surface area contributed by atoms with Gasteiger partial charge in [-0.1, -0.05) is 31.5 Å². The van der Waals surface area contributed by atoms with Crippen molar-refractivity contribution in [1.82, 2.24) is 0 Å². The van der Waals surface area contributed by atoms with Gasteiger partial charge in [-0.2, -0.15) is 0 Å². The second-order valence-corrected chi connectivity index (χ2v) is 5.53. The Morgan fingerprint density at radius 1 is 1.16 bits per heavy atom. The summed E-state index contributed by atoms with van der Waals surface area (Å²) in [5, 5.41) is 0.594. The predicted octanol–water partition coefficient (Wildman–Crippen LogP) is 3.80. The minimum absolute atomic E-state index is 0.0223. The van der Waals surface area contributed by atoms with Crippen LogP contribution in [0.25, 0.3) is 0 Å². The fraction of sp³-hybridized carbons (Fsp3) is 0.600. The van der Waals surface area contributed by atoms with E-state index in [1.165, 1.54) is 0 Å². The fourth-order valence-corrected chi connectivity index (χ4v) is 1.79. The minimum atomic E-state index is -0.0223. The van der Waals surface area contributed by atoms with Crippen molar-refractivity contribution in [1.29, 1.82) is 0 Å². The third-order valence-corrected chi connectivity index (χ3v) is 3.10. The number of nitrogens with two attached hydrogens (primary N) is 1. The first kappa shape index (κ1) is 16.3. The van der Waals surface area contributed by atoms with Gasteiger partial charge in [0.25, 0.3) is 0 Å². The van der Waals surface area contributed by atoms with Crippen molar-refractivity contribution in [3.05, 3.63) is 28.8 Å². The summed E-state index contributed by atoms with van der Waals surface area (Å²) in [6, 6.07) is 5.62. The first-order valence-electron chi connectivity index (χ1n) is 6.76. The molecular formula is C15H24ClNO2. The summed E-state index contributed by atoms with van der Waals surface area (Å²) in [5.74, 6) is 1.35. The molecule has 0 heterocycles. The van der Waals surface area contributed by atoms with Crippen molar-refractivity contribution in [3.8, 4) is 5.75 Å². The van der Waals surface area contributed by atoms with E-state index in [9.17, 15) is 0 Å². The van der Waals surface area contributed by atoms with Gasteiger partial charge in [-0.25, -0.2) is 0 Å². The fourth-order valence-electron chi connectivity index (χ4n) is 1.55. The lowest BCUT2D eigenvalue weighted by Crippen LogP contribution is -2.09. The van der Waals surface area contributed by atoms with Gasteiger partial charge in [-0.3, -0.25) is 0 Å². The van der Waals surface area contributed by atoms with E-state index in [0.29, 0.717) is 29.9 Å². The molecule has 1 aromatic rings. The lowest BCUT2D eigenvalue weighted by Gasteiger charge is -2.11. The molecular weight excluding hydrogens is 262 g/mol. The number of rotatable bonds is 8. The van der Waals surface area contributed by atoms with Crippen LogP contribution in [0, 0.1) is 5.92 Å². The maximum atomic E-state index is 6.13. The van der Waals surface area contributed by atoms with Gasteiger partial charge in [0.2, 0.25) is 0 Å². The van der Waals surface area contributed by atoms with Crippen LogP contribution in [0.2, 0.25) is 5.02 Å². The molecule has 3 nitrogen and oxygen atoms in total. The molecule has 0 amide bonds. The highest BCUT2D eigenvalue weighted by molar-refractivity contribution is 6.32. The SMILES string of the molecule is CC(C)CCOCCOc1ccc([C@H](C)N)cc1Cl. The van der Waals surface area contributed by atoms with E-state index in [1.54, 1.807) is 0 Å². The van der Waals surface area contributed by atoms with Gasteiger partial charge >= 0.3 is 0 Å². The molecule has 0 aromatic heterocycles. The molecule has 2 N–H and O–H groups in total. The Kier molecular flexibility index (Phi) is 7.21. The second-order valence-electron chi connectivity index (χ2n) is 5.12. The predicted molar refractivity (Wildman–Crippen MR) is 79.8 cm³/mol. The molecule has 0 spiro atoms. The summed E-state index contributed by atoms with van der Waals surface area (Å²) >= 11 is 6.13. The Labute approximate surface area is 121 Å². The van der Waals surface area contributed by atoms with E-state index in [2.05, 4.69) is 13.8 Å². The summed E-state index contributed by atoms with van der Waals surface area (Å²) in [6.07, 6.45) is 1.07. The van der Waals surface area contributed by atoms with E-state index in [0.717, 1.165) is 18.6 Å². The van der Waals surface area contributed by atoms with Crippen LogP contribution in [-0.2, 0) is 4.74 Å². The molecule has 1 atom stereocenters. The van der Waals surface area contributed by atoms with Crippen LogP contribution in [0.5, 0.6) is 5.75 Å². The zero-order valence-corrected chi connectivity index (χ0v) is 12.7. The number of ether oxygens (including phenoxy) is 2. The van der Waals surface area contributed by atoms with E-state index in [1.807, 2.05) is 25.1 Å². The first-order chi connectivity index (χ1) is 9.00. The molecule has 0 aliphatic carbocycles. The average Bonchev–Trinajstić information content (AvgIpc) is 2.34. The third kappa shape index (κ3) is 6.28. The summed E-state index contributed by atoms with van der Waals surface area (Å²) in [5.41, 5.74) is 6.80. The van der Waals surface area contributed by atoms with E-state index < -0.39 is 0 Å². The van der Waals surface area contributed by atoms with Gasteiger partial charge in [0.05, 0.1) is 11.6 Å². The van der Waals surface area contributed by atoms with Gasteiger partial charge < -0.3 is 15.2 Å². The molecule has 1 aromatic carbocycles. The highest BCUT2D eigenvalue weighted by atomic mass is 35.5. The second kappa shape index (κ2) is 8.41. The number of hydrogen-bond donors (Lipinski definition) is 1. The Hall–Kier alpha value is -0.770. The topological polar surface area (TPSA) is 44.5 Å². The lowest BCUT2D eigenvalue weighted by atomic mass is 10.1. The standard InChI is InChI=1S/C15H24ClNO2/c1-11(2)6-7-18-8-9-19-15-5-4-13(12(3)17)10-14(15)16/h4-5,10-12H,6-9,17H2,1-3H3/t12-/m0/s1. The largest absolute Gasteiger partial charge is 0.490 e. The molecule has 0 aliphatic heterocycles. The quantitative estimate of drug-likeness (QED) is 0.739. The molecule has 4 heteroatoms. The minimum Gasteiger partial charge on any atom is -0.490 e. The molecule has 19 heavy (non-hydrogen) atoms. The van der Waals surface area contributed by atoms with Crippen LogP contribution in [0.15, 0.2) is 18.2 Å². The van der Waals surface area contributed by atoms with Crippen LogP contribution < -0.4 is 10.5 Å². The van der Waals surface area contributed by atoms with Gasteiger partial charge in [0.15, 0.2) is 0 Å². The summed E-state index contributed by atoms with van der Waals surface area (Å²) < 4.78 is 11.1. The monoisotopic (exact) mass is 285 g/mol. The molecule has 0 unspecified atom stereocenters. The number of benzene rings is 1. The molecule has 0 saturated carbocycles. The molecule has 0 bridgehead atoms. The third-order valence-electron chi connectivity index (χ3n) is 2.81. The molecule has 1 rings (SSSR count). The Morgan fingerprint density at radius 2 is 1.89 bits per heavy atom. The smallest absolute Gasteiger partial charge is 0.138 e. The molecule has 0 fully saturated rings. The van der Waals surface area contributed by atoms with Gasteiger partial charge in [-0.05, 0) is 37.0 Å². The maximum Gasteiger partial charge on any atom is 0.138 e. The van der Waals surface area contributed by atoms with E-state index in [-0.39, 0.29) is 6.04 Å². The number of hydrogen-bond acceptors (Lipinski definition) is 3. The Balaban J connectivity index is 2.30. The van der Waals surface area contributed by atoms with Crippen molar-refractivity contribution < 1.29 is 9.47 Å². The lowest BCUT2D eigenvalue weighted by molar-refractivity contribution is 0.0926. The highest BCUT2D eigenvalue weighted by Gasteiger charge is 2.05. The summed E-state index contributed by atoms with van der Waals surface area (Å²) in [7, 11) is 0. The zero-order chi connectivity index (χ0) is 14.3. The Bertz CT molecular complexity index is 380. The van der Waals surface area contributed by atoms with Crippen LogP contribution in [0.1, 0.15) is 38.8 Å². The van der Waals surface area contributed by atoms with Gasteiger partial charge in [0.1, 0.15) is 12.4 Å². The van der Waals surface area contributed by atoms with Crippen molar-refractivity contribution in [2.75, 3.05) is 19.8 Å². The number of halogens is 1. The highest BCUT2D eigenvalue weighted by Crippen LogP contribution is 2.27. The molecule has 0 radical (unpaired) electrons. The Morgan fingerprint density at radius 3 is 2.47 bits per heavy atom. The normalized spacial score (nSPS) is 12.7. The first-order valence-corrected chi connectivity index (χ1v) is 7.14. The van der Waals surface area contributed by atoms with Crippen LogP contribution in [0.3, 0.4) is 0 Å². The maximum absolute atomic E-state index is 6.13. The van der Waals surface area contributed by atoms with Crippen molar-refractivity contribution >= 4 is 11.6 Å². The van der Waals surface area contributed by atoms with Crippen LogP contribution >= 0.6 is 11.6 Å². The van der Waals surface area contributed by atoms with Gasteiger partial charge in [0, 0.05) is 12.6 Å². The van der Waals surface area contributed by atoms with E-state index >= 15 is 0 Å². The summed E-state index contributed by atoms with van der Waals surface area (Å²) in [4.78, 5) is 0. The molecule has 0 saturated heterocycles. The van der Waals surface area contributed by atoms with Crippen LogP contribution in [0.4, 0.5) is 0 Å². The molecule has 0 aliphatic rings. The van der Waals surface area contributed by atoms with Crippen molar-refractivity contribution in [3.63, 3.8) is 0 Å². The van der Waals surface area contributed by atoms with Crippen LogP contribution in [-0.4, -0.2) is 19.8 Å². The van der Waals surface area contributed by atoms with Gasteiger partial charge in [-0.15, -0.1) is 0 Å². The average molecular weight is 286 g/mol. The zero-order valence-electron chi connectivity index (χ0n) is 12.0. The van der Waals surface area contributed by atoms with E-state index in [4.69, 9.17) is 26.8 Å². The van der Waals surface area contributed by atoms with Crippen molar-refractivity contribution in [2.24, 2.45) is 11.7 Å². The summed E-state index contributed by atoms with van der Waals surface area (Å²) in [6.45, 7) is 8.15. The molecule has 108 valence electrons. The van der Waals surface area contributed by atoms with Crippen molar-refractivity contribution in [2.45, 2.75) is 33.2 Å².